The van der Waals surface area contributed by atoms with E-state index < -0.39 is 124 Å². The Labute approximate surface area is 513 Å². The summed E-state index contributed by atoms with van der Waals surface area (Å²) in [6.45, 7) is 1.40. The molecule has 3 heterocycles. The minimum Gasteiger partial charge on any atom is -0.394 e. The van der Waals surface area contributed by atoms with Crippen LogP contribution >= 0.6 is 0 Å². The molecule has 0 aliphatic carbocycles. The summed E-state index contributed by atoms with van der Waals surface area (Å²) in [4.78, 5) is 13.2. The molecule has 3 aliphatic rings. The van der Waals surface area contributed by atoms with Gasteiger partial charge in [0.25, 0.3) is 0 Å². The van der Waals surface area contributed by atoms with Gasteiger partial charge in [0.05, 0.1) is 38.6 Å². The van der Waals surface area contributed by atoms with Gasteiger partial charge in [0, 0.05) is 6.42 Å². The molecule has 492 valence electrons. The number of carbonyl (C=O) groups is 1. The quantitative estimate of drug-likeness (QED) is 0.0214. The van der Waals surface area contributed by atoms with Crippen molar-refractivity contribution in [2.24, 2.45) is 0 Å². The van der Waals surface area contributed by atoms with Crippen LogP contribution < -0.4 is 5.32 Å². The fraction of sp³-hybridized carbons (Fsp3) is 0.716. The zero-order valence-electron chi connectivity index (χ0n) is 51.5. The standard InChI is InChI=1S/C67H111NO18/c1-3-5-7-9-10-11-12-13-14-15-16-17-18-19-20-21-22-23-24-25-26-27-28-29-30-31-32-33-34-35-36-37-38-39-40-41-43-45-55(73)68-50(51(72)44-42-8-6-4-2)49-81-65-61(79)58(76)63(53(47-70)83-65)86-67-62(80)59(77)64(54(48-71)84-67)85-66-60(78)57(75)56(74)52(46-69)82-66/h5,7,10-11,13-14,16-17,19-20,22-23,25-26,28-29,42,44,50-54,56-67,69-72,74-80H,3-4,6,8-9,12,15,18,21,24,27,30-41,43,45-49H2,1-2H3,(H,68,73)/b7-5-,11-10-,14-13-,17-16-,20-19-,23-22-,26-25-,29-28-,44-42+. The molecule has 12 N–H and O–H groups in total. The van der Waals surface area contributed by atoms with Crippen molar-refractivity contribution in [3.05, 3.63) is 109 Å². The summed E-state index contributed by atoms with van der Waals surface area (Å²) in [5.74, 6) is -0.293. The van der Waals surface area contributed by atoms with Crippen LogP contribution in [0.3, 0.4) is 0 Å². The first kappa shape index (κ1) is 76.7. The molecular weight excluding hydrogens is 1110 g/mol. The second kappa shape index (κ2) is 48.3. The van der Waals surface area contributed by atoms with Crippen molar-refractivity contribution in [2.75, 3.05) is 26.4 Å². The number of hydrogen-bond acceptors (Lipinski definition) is 18. The average molecular weight is 1220 g/mol. The van der Waals surface area contributed by atoms with E-state index in [2.05, 4.69) is 109 Å². The van der Waals surface area contributed by atoms with Crippen LogP contribution in [0.1, 0.15) is 174 Å². The lowest BCUT2D eigenvalue weighted by atomic mass is 9.96. The number of unbranched alkanes of at least 4 members (excludes halogenated alkanes) is 14. The Bertz CT molecular complexity index is 1990. The van der Waals surface area contributed by atoms with Crippen LogP contribution in [-0.4, -0.2) is 193 Å². The summed E-state index contributed by atoms with van der Waals surface area (Å²) in [6, 6.07) is -0.976. The number of carbonyl (C=O) groups excluding carboxylic acids is 1. The summed E-state index contributed by atoms with van der Waals surface area (Å²) in [7, 11) is 0. The smallest absolute Gasteiger partial charge is 0.220 e. The Morgan fingerprint density at radius 3 is 1.24 bits per heavy atom. The molecule has 0 radical (unpaired) electrons. The van der Waals surface area contributed by atoms with E-state index in [0.717, 1.165) is 96.3 Å². The summed E-state index contributed by atoms with van der Waals surface area (Å²) < 4.78 is 34.0. The van der Waals surface area contributed by atoms with Gasteiger partial charge in [-0.3, -0.25) is 4.79 Å². The normalized spacial score (nSPS) is 29.5. The first-order valence-corrected chi connectivity index (χ1v) is 32.1. The van der Waals surface area contributed by atoms with Crippen molar-refractivity contribution < 1.29 is 89.4 Å². The Kier molecular flexibility index (Phi) is 43.1. The Morgan fingerprint density at radius 2 is 0.802 bits per heavy atom. The molecule has 3 rings (SSSR count). The van der Waals surface area contributed by atoms with Gasteiger partial charge in [-0.25, -0.2) is 0 Å². The van der Waals surface area contributed by atoms with Gasteiger partial charge < -0.3 is 89.9 Å². The lowest BCUT2D eigenvalue weighted by molar-refractivity contribution is -0.379. The van der Waals surface area contributed by atoms with Crippen molar-refractivity contribution in [3.63, 3.8) is 0 Å². The van der Waals surface area contributed by atoms with Crippen molar-refractivity contribution in [1.29, 1.82) is 0 Å². The SMILES string of the molecule is CC/C=C\C/C=C\C/C=C\C/C=C\C/C=C\C/C=C\C/C=C\C/C=C\CCCCCCCCCCCCCCC(=O)NC(COC1OC(CO)C(OC2OC(CO)C(OC3OC(CO)C(O)C(O)C3O)C(O)C2O)C(O)C1O)C(O)/C=C/CCCC. The summed E-state index contributed by atoms with van der Waals surface area (Å²) in [5, 5.41) is 119. The molecule has 0 aromatic rings. The highest BCUT2D eigenvalue weighted by atomic mass is 16.8. The number of ether oxygens (including phenoxy) is 6. The van der Waals surface area contributed by atoms with Gasteiger partial charge in [-0.15, -0.1) is 0 Å². The highest BCUT2D eigenvalue weighted by Crippen LogP contribution is 2.33. The van der Waals surface area contributed by atoms with Gasteiger partial charge in [-0.1, -0.05) is 200 Å². The zero-order valence-corrected chi connectivity index (χ0v) is 51.5. The van der Waals surface area contributed by atoms with Crippen LogP contribution in [0.15, 0.2) is 109 Å². The van der Waals surface area contributed by atoms with E-state index in [-0.39, 0.29) is 18.9 Å². The third kappa shape index (κ3) is 30.8. The maximum Gasteiger partial charge on any atom is 0.220 e. The van der Waals surface area contributed by atoms with Crippen LogP contribution in [0.25, 0.3) is 0 Å². The molecule has 19 nitrogen and oxygen atoms in total. The van der Waals surface area contributed by atoms with Crippen LogP contribution in [0.4, 0.5) is 0 Å². The summed E-state index contributed by atoms with van der Waals surface area (Å²) in [6.07, 6.45) is 37.6. The fourth-order valence-electron chi connectivity index (χ4n) is 10.1. The maximum absolute atomic E-state index is 13.2. The lowest BCUT2D eigenvalue weighted by Gasteiger charge is -2.48. The zero-order chi connectivity index (χ0) is 62.6. The fourth-order valence-corrected chi connectivity index (χ4v) is 10.1. The molecule has 19 heteroatoms. The molecule has 17 unspecified atom stereocenters. The number of amides is 1. The Balaban J connectivity index is 1.26. The molecular formula is C67H111NO18. The van der Waals surface area contributed by atoms with Crippen LogP contribution in [-0.2, 0) is 33.2 Å². The Morgan fingerprint density at radius 1 is 0.430 bits per heavy atom. The van der Waals surface area contributed by atoms with Crippen LogP contribution in [0, 0.1) is 0 Å². The number of aliphatic hydroxyl groups is 11. The van der Waals surface area contributed by atoms with Gasteiger partial charge in [0.2, 0.25) is 5.91 Å². The van der Waals surface area contributed by atoms with Gasteiger partial charge >= 0.3 is 0 Å². The van der Waals surface area contributed by atoms with E-state index in [0.29, 0.717) is 12.8 Å². The topological polar surface area (TPSA) is 307 Å². The minimum absolute atomic E-state index is 0.232. The number of hydrogen-bond donors (Lipinski definition) is 12. The number of rotatable bonds is 46. The molecule has 3 saturated heterocycles. The first-order chi connectivity index (χ1) is 41.8. The van der Waals surface area contributed by atoms with Crippen LogP contribution in [0.5, 0.6) is 0 Å². The molecule has 3 aliphatic heterocycles. The predicted octanol–water partition coefficient (Wildman–Crippen LogP) is 7.10. The molecule has 86 heavy (non-hydrogen) atoms. The average Bonchev–Trinajstić information content (AvgIpc) is 1.41. The van der Waals surface area contributed by atoms with E-state index in [1.54, 1.807) is 6.08 Å². The third-order valence-corrected chi connectivity index (χ3v) is 15.3. The van der Waals surface area contributed by atoms with Crippen molar-refractivity contribution >= 4 is 5.91 Å². The predicted molar refractivity (Wildman–Crippen MR) is 332 cm³/mol. The van der Waals surface area contributed by atoms with Gasteiger partial charge in [0.15, 0.2) is 18.9 Å². The van der Waals surface area contributed by atoms with Crippen LogP contribution in [0.2, 0.25) is 0 Å². The van der Waals surface area contributed by atoms with Crippen molar-refractivity contribution in [3.8, 4) is 0 Å². The largest absolute Gasteiger partial charge is 0.394 e. The molecule has 0 aromatic carbocycles. The summed E-state index contributed by atoms with van der Waals surface area (Å²) in [5.41, 5.74) is 0. The van der Waals surface area contributed by atoms with E-state index in [1.165, 1.54) is 44.9 Å². The second-order valence-electron chi connectivity index (χ2n) is 22.5. The van der Waals surface area contributed by atoms with E-state index >= 15 is 0 Å². The Hall–Kier alpha value is -3.55. The molecule has 0 bridgehead atoms. The molecule has 17 atom stereocenters. The molecule has 0 aromatic heterocycles. The van der Waals surface area contributed by atoms with E-state index in [9.17, 15) is 61.0 Å². The summed E-state index contributed by atoms with van der Waals surface area (Å²) >= 11 is 0. The lowest BCUT2D eigenvalue weighted by Crippen LogP contribution is -2.66. The molecule has 0 saturated carbocycles. The van der Waals surface area contributed by atoms with Gasteiger partial charge in [-0.05, 0) is 77.0 Å². The molecule has 3 fully saturated rings. The van der Waals surface area contributed by atoms with E-state index in [4.69, 9.17) is 28.4 Å². The number of aliphatic hydroxyl groups excluding tert-OH is 11. The monoisotopic (exact) mass is 1220 g/mol. The van der Waals surface area contributed by atoms with E-state index in [1.807, 2.05) is 13.0 Å². The second-order valence-corrected chi connectivity index (χ2v) is 22.5. The van der Waals surface area contributed by atoms with Gasteiger partial charge in [-0.2, -0.15) is 0 Å². The highest BCUT2D eigenvalue weighted by Gasteiger charge is 2.53. The minimum atomic E-state index is -1.98. The molecule has 1 amide bonds. The molecule has 0 spiro atoms. The number of allylic oxidation sites excluding steroid dienone is 17. The first-order valence-electron chi connectivity index (χ1n) is 32.1. The maximum atomic E-state index is 13.2. The number of nitrogens with one attached hydrogen (secondary N) is 1. The highest BCUT2D eigenvalue weighted by molar-refractivity contribution is 5.76. The van der Waals surface area contributed by atoms with Gasteiger partial charge in [0.1, 0.15) is 73.2 Å². The van der Waals surface area contributed by atoms with Crippen molar-refractivity contribution in [1.82, 2.24) is 5.32 Å². The third-order valence-electron chi connectivity index (χ3n) is 15.3. The van der Waals surface area contributed by atoms with Crippen molar-refractivity contribution in [2.45, 2.75) is 279 Å².